The van der Waals surface area contributed by atoms with Crippen molar-refractivity contribution < 1.29 is 22.6 Å². The van der Waals surface area contributed by atoms with Crippen LogP contribution in [0.15, 0.2) is 47.4 Å². The van der Waals surface area contributed by atoms with Gasteiger partial charge in [0, 0.05) is 6.04 Å². The highest BCUT2D eigenvalue weighted by Crippen LogP contribution is 2.31. The van der Waals surface area contributed by atoms with Crippen LogP contribution in [0.3, 0.4) is 0 Å². The molecule has 0 bridgehead atoms. The van der Waals surface area contributed by atoms with Crippen LogP contribution in [-0.2, 0) is 10.0 Å². The van der Waals surface area contributed by atoms with Crippen molar-refractivity contribution in [3.8, 4) is 17.2 Å². The highest BCUT2D eigenvalue weighted by atomic mass is 32.2. The Bertz CT molecular complexity index is 834. The summed E-state index contributed by atoms with van der Waals surface area (Å²) >= 11 is 0. The molecule has 0 aliphatic heterocycles. The van der Waals surface area contributed by atoms with Gasteiger partial charge in [-0.1, -0.05) is 6.07 Å². The van der Waals surface area contributed by atoms with Gasteiger partial charge in [0.25, 0.3) is 0 Å². The van der Waals surface area contributed by atoms with Crippen LogP contribution in [-0.4, -0.2) is 28.2 Å². The summed E-state index contributed by atoms with van der Waals surface area (Å²) in [6, 6.07) is 11.4. The second kappa shape index (κ2) is 9.62. The van der Waals surface area contributed by atoms with Gasteiger partial charge in [0.15, 0.2) is 11.5 Å². The Labute approximate surface area is 161 Å². The van der Waals surface area contributed by atoms with Crippen molar-refractivity contribution in [3.63, 3.8) is 0 Å². The van der Waals surface area contributed by atoms with E-state index in [-0.39, 0.29) is 4.90 Å². The molecule has 0 saturated heterocycles. The number of hydrogen-bond acceptors (Lipinski definition) is 5. The van der Waals surface area contributed by atoms with E-state index in [1.54, 1.807) is 31.2 Å². The molecule has 2 rings (SSSR count). The van der Waals surface area contributed by atoms with E-state index in [1.165, 1.54) is 12.1 Å². The summed E-state index contributed by atoms with van der Waals surface area (Å²) in [5.74, 6) is 1.88. The number of ether oxygens (including phenoxy) is 3. The Kier molecular flexibility index (Phi) is 7.50. The molecule has 27 heavy (non-hydrogen) atoms. The van der Waals surface area contributed by atoms with E-state index in [0.717, 1.165) is 5.56 Å². The van der Waals surface area contributed by atoms with Gasteiger partial charge in [0.2, 0.25) is 10.0 Å². The SMILES string of the molecule is CCOc1ccc(S(=O)(=O)NC(C)c2ccc(OCC)c(OCC)c2)cc1. The van der Waals surface area contributed by atoms with Crippen molar-refractivity contribution >= 4 is 10.0 Å². The molecule has 2 aromatic rings. The standard InChI is InChI=1S/C20H27NO5S/c1-5-24-17-9-11-18(12-10-17)27(22,23)21-15(4)16-8-13-19(25-6-2)20(14-16)26-7-3/h8-15,21H,5-7H2,1-4H3. The van der Waals surface area contributed by atoms with Crippen molar-refractivity contribution in [2.45, 2.75) is 38.6 Å². The Balaban J connectivity index is 2.19. The summed E-state index contributed by atoms with van der Waals surface area (Å²) in [6.45, 7) is 9.01. The summed E-state index contributed by atoms with van der Waals surface area (Å²) in [5, 5.41) is 0. The average molecular weight is 394 g/mol. The Hall–Kier alpha value is -2.25. The minimum Gasteiger partial charge on any atom is -0.494 e. The molecule has 148 valence electrons. The first-order chi connectivity index (χ1) is 12.9. The quantitative estimate of drug-likeness (QED) is 0.662. The molecule has 6 nitrogen and oxygen atoms in total. The Morgan fingerprint density at radius 1 is 0.852 bits per heavy atom. The van der Waals surface area contributed by atoms with E-state index in [0.29, 0.717) is 37.1 Å². The first kappa shape index (κ1) is 21.1. The molecule has 1 atom stereocenters. The number of hydrogen-bond donors (Lipinski definition) is 1. The molecule has 7 heteroatoms. The number of rotatable bonds is 10. The van der Waals surface area contributed by atoms with E-state index < -0.39 is 16.1 Å². The Morgan fingerprint density at radius 3 is 2.04 bits per heavy atom. The van der Waals surface area contributed by atoms with Crippen molar-refractivity contribution in [3.05, 3.63) is 48.0 Å². The largest absolute Gasteiger partial charge is 0.494 e. The van der Waals surface area contributed by atoms with Gasteiger partial charge in [0.1, 0.15) is 5.75 Å². The van der Waals surface area contributed by atoms with Crippen LogP contribution >= 0.6 is 0 Å². The minimum absolute atomic E-state index is 0.189. The highest BCUT2D eigenvalue weighted by Gasteiger charge is 2.19. The van der Waals surface area contributed by atoms with Crippen LogP contribution in [0.2, 0.25) is 0 Å². The van der Waals surface area contributed by atoms with Crippen LogP contribution in [0.25, 0.3) is 0 Å². The average Bonchev–Trinajstić information content (AvgIpc) is 2.64. The molecule has 0 aromatic heterocycles. The maximum atomic E-state index is 12.7. The predicted molar refractivity (Wildman–Crippen MR) is 105 cm³/mol. The third kappa shape index (κ3) is 5.61. The lowest BCUT2D eigenvalue weighted by atomic mass is 10.1. The maximum absolute atomic E-state index is 12.7. The van der Waals surface area contributed by atoms with Crippen LogP contribution in [0.5, 0.6) is 17.2 Å². The van der Waals surface area contributed by atoms with Crippen LogP contribution in [0.4, 0.5) is 0 Å². The third-order valence-corrected chi connectivity index (χ3v) is 5.40. The molecular weight excluding hydrogens is 366 g/mol. The summed E-state index contributed by atoms with van der Waals surface area (Å²) < 4.78 is 44.5. The lowest BCUT2D eigenvalue weighted by Gasteiger charge is -2.18. The fourth-order valence-corrected chi connectivity index (χ4v) is 3.82. The molecule has 0 amide bonds. The van der Waals surface area contributed by atoms with Gasteiger partial charge in [-0.2, -0.15) is 0 Å². The zero-order chi connectivity index (χ0) is 19.9. The van der Waals surface area contributed by atoms with Gasteiger partial charge in [0.05, 0.1) is 24.7 Å². The van der Waals surface area contributed by atoms with Crippen molar-refractivity contribution in [2.24, 2.45) is 0 Å². The van der Waals surface area contributed by atoms with E-state index in [4.69, 9.17) is 14.2 Å². The monoisotopic (exact) mass is 393 g/mol. The fraction of sp³-hybridized carbons (Fsp3) is 0.400. The minimum atomic E-state index is -3.66. The van der Waals surface area contributed by atoms with Gasteiger partial charge >= 0.3 is 0 Å². The lowest BCUT2D eigenvalue weighted by Crippen LogP contribution is -2.26. The van der Waals surface area contributed by atoms with E-state index in [1.807, 2.05) is 26.8 Å². The van der Waals surface area contributed by atoms with E-state index in [2.05, 4.69) is 4.72 Å². The summed E-state index contributed by atoms with van der Waals surface area (Å²) in [6.07, 6.45) is 0. The lowest BCUT2D eigenvalue weighted by molar-refractivity contribution is 0.287. The molecule has 0 heterocycles. The zero-order valence-corrected chi connectivity index (χ0v) is 17.0. The Morgan fingerprint density at radius 2 is 1.44 bits per heavy atom. The number of benzene rings is 2. The molecule has 1 N–H and O–H groups in total. The molecule has 0 fully saturated rings. The zero-order valence-electron chi connectivity index (χ0n) is 16.2. The molecule has 0 spiro atoms. The van der Waals surface area contributed by atoms with Crippen molar-refractivity contribution in [2.75, 3.05) is 19.8 Å². The second-order valence-electron chi connectivity index (χ2n) is 5.82. The van der Waals surface area contributed by atoms with E-state index in [9.17, 15) is 8.42 Å². The summed E-state index contributed by atoms with van der Waals surface area (Å²) in [4.78, 5) is 0.189. The number of sulfonamides is 1. The summed E-state index contributed by atoms with van der Waals surface area (Å²) in [5.41, 5.74) is 0.788. The molecule has 0 saturated carbocycles. The first-order valence-electron chi connectivity index (χ1n) is 9.06. The van der Waals surface area contributed by atoms with Crippen LogP contribution < -0.4 is 18.9 Å². The molecule has 0 radical (unpaired) electrons. The van der Waals surface area contributed by atoms with Crippen molar-refractivity contribution in [1.82, 2.24) is 4.72 Å². The van der Waals surface area contributed by atoms with Gasteiger partial charge in [-0.05, 0) is 69.7 Å². The number of nitrogens with one attached hydrogen (secondary N) is 1. The highest BCUT2D eigenvalue weighted by molar-refractivity contribution is 7.89. The van der Waals surface area contributed by atoms with Crippen LogP contribution in [0.1, 0.15) is 39.3 Å². The smallest absolute Gasteiger partial charge is 0.241 e. The molecule has 0 aliphatic carbocycles. The van der Waals surface area contributed by atoms with Crippen LogP contribution in [0, 0.1) is 0 Å². The normalized spacial score (nSPS) is 12.4. The van der Waals surface area contributed by atoms with Gasteiger partial charge in [-0.15, -0.1) is 0 Å². The fourth-order valence-electron chi connectivity index (χ4n) is 2.59. The topological polar surface area (TPSA) is 73.9 Å². The molecule has 0 aliphatic rings. The molecule has 1 unspecified atom stereocenters. The molecular formula is C20H27NO5S. The van der Waals surface area contributed by atoms with E-state index >= 15 is 0 Å². The van der Waals surface area contributed by atoms with Gasteiger partial charge < -0.3 is 14.2 Å². The summed E-state index contributed by atoms with van der Waals surface area (Å²) in [7, 11) is -3.66. The maximum Gasteiger partial charge on any atom is 0.241 e. The van der Waals surface area contributed by atoms with Gasteiger partial charge in [-0.25, -0.2) is 13.1 Å². The first-order valence-corrected chi connectivity index (χ1v) is 10.5. The predicted octanol–water partition coefficient (Wildman–Crippen LogP) is 3.92. The second-order valence-corrected chi connectivity index (χ2v) is 7.53. The van der Waals surface area contributed by atoms with Crippen molar-refractivity contribution in [1.29, 1.82) is 0 Å². The molecule has 2 aromatic carbocycles. The third-order valence-electron chi connectivity index (χ3n) is 3.84. The van der Waals surface area contributed by atoms with Gasteiger partial charge in [-0.3, -0.25) is 0 Å².